The SMILES string of the molecule is O=C1CN(C2C=CCCC2)CCN1. The molecule has 72 valence electrons. The molecule has 1 saturated heterocycles. The molecular formula is C10H16N2O. The third kappa shape index (κ3) is 2.10. The highest BCUT2D eigenvalue weighted by Crippen LogP contribution is 2.16. The lowest BCUT2D eigenvalue weighted by molar-refractivity contribution is -0.124. The van der Waals surface area contributed by atoms with Crippen molar-refractivity contribution < 1.29 is 4.79 Å². The average Bonchev–Trinajstić information content (AvgIpc) is 2.19. The summed E-state index contributed by atoms with van der Waals surface area (Å²) in [5, 5.41) is 2.85. The van der Waals surface area contributed by atoms with Crippen LogP contribution in [0.3, 0.4) is 0 Å². The van der Waals surface area contributed by atoms with Gasteiger partial charge in [0, 0.05) is 19.1 Å². The van der Waals surface area contributed by atoms with Crippen molar-refractivity contribution in [2.75, 3.05) is 19.6 Å². The molecule has 0 radical (unpaired) electrons. The lowest BCUT2D eigenvalue weighted by Gasteiger charge is -2.33. The first kappa shape index (κ1) is 8.75. The van der Waals surface area contributed by atoms with E-state index in [1.54, 1.807) is 0 Å². The number of allylic oxidation sites excluding steroid dienone is 1. The largest absolute Gasteiger partial charge is 0.354 e. The molecular weight excluding hydrogens is 164 g/mol. The summed E-state index contributed by atoms with van der Waals surface area (Å²) in [4.78, 5) is 13.4. The van der Waals surface area contributed by atoms with Crippen molar-refractivity contribution in [2.24, 2.45) is 0 Å². The van der Waals surface area contributed by atoms with Gasteiger partial charge in [0.25, 0.3) is 0 Å². The molecule has 1 aliphatic carbocycles. The molecule has 0 bridgehead atoms. The molecule has 3 heteroatoms. The first-order valence-corrected chi connectivity index (χ1v) is 5.04. The predicted octanol–water partition coefficient (Wildman–Crippen LogP) is 0.527. The van der Waals surface area contributed by atoms with Crippen LogP contribution in [-0.4, -0.2) is 36.5 Å². The number of amides is 1. The molecule has 1 amide bonds. The summed E-state index contributed by atoms with van der Waals surface area (Å²) in [6.07, 6.45) is 8.17. The van der Waals surface area contributed by atoms with Crippen LogP contribution in [-0.2, 0) is 4.79 Å². The Hall–Kier alpha value is -0.830. The Kier molecular flexibility index (Phi) is 2.64. The van der Waals surface area contributed by atoms with Gasteiger partial charge in [-0.05, 0) is 19.3 Å². The fraction of sp³-hybridized carbons (Fsp3) is 0.700. The zero-order valence-electron chi connectivity index (χ0n) is 7.83. The summed E-state index contributed by atoms with van der Waals surface area (Å²) in [5.41, 5.74) is 0. The minimum atomic E-state index is 0.172. The summed E-state index contributed by atoms with van der Waals surface area (Å²) < 4.78 is 0. The summed E-state index contributed by atoms with van der Waals surface area (Å²) in [6, 6.07) is 0.514. The van der Waals surface area contributed by atoms with Gasteiger partial charge >= 0.3 is 0 Å². The van der Waals surface area contributed by atoms with Gasteiger partial charge in [0.1, 0.15) is 0 Å². The summed E-state index contributed by atoms with van der Waals surface area (Å²) in [6.45, 7) is 2.39. The van der Waals surface area contributed by atoms with Crippen molar-refractivity contribution in [2.45, 2.75) is 25.3 Å². The van der Waals surface area contributed by atoms with E-state index < -0.39 is 0 Å². The lowest BCUT2D eigenvalue weighted by atomic mass is 10.0. The van der Waals surface area contributed by atoms with Gasteiger partial charge in [-0.25, -0.2) is 0 Å². The Bertz CT molecular complexity index is 225. The van der Waals surface area contributed by atoms with E-state index in [4.69, 9.17) is 0 Å². The van der Waals surface area contributed by atoms with Gasteiger partial charge in [0.2, 0.25) is 5.91 Å². The molecule has 2 rings (SSSR count). The number of hydrogen-bond acceptors (Lipinski definition) is 2. The molecule has 0 spiro atoms. The number of nitrogens with zero attached hydrogens (tertiary/aromatic N) is 1. The van der Waals surface area contributed by atoms with Crippen LogP contribution in [0.25, 0.3) is 0 Å². The monoisotopic (exact) mass is 180 g/mol. The van der Waals surface area contributed by atoms with Gasteiger partial charge in [-0.3, -0.25) is 9.69 Å². The van der Waals surface area contributed by atoms with Gasteiger partial charge in [0.15, 0.2) is 0 Å². The Labute approximate surface area is 78.8 Å². The minimum absolute atomic E-state index is 0.172. The number of carbonyl (C=O) groups excluding carboxylic acids is 1. The van der Waals surface area contributed by atoms with E-state index in [0.29, 0.717) is 12.6 Å². The third-order valence-electron chi connectivity index (χ3n) is 2.77. The van der Waals surface area contributed by atoms with E-state index >= 15 is 0 Å². The molecule has 1 atom stereocenters. The maximum atomic E-state index is 11.1. The normalized spacial score (nSPS) is 30.2. The number of rotatable bonds is 1. The Morgan fingerprint density at radius 3 is 3.15 bits per heavy atom. The Balaban J connectivity index is 1.94. The number of nitrogens with one attached hydrogen (secondary N) is 1. The van der Waals surface area contributed by atoms with Crippen molar-refractivity contribution in [1.29, 1.82) is 0 Å². The molecule has 13 heavy (non-hydrogen) atoms. The molecule has 0 aromatic rings. The van der Waals surface area contributed by atoms with Gasteiger partial charge in [-0.15, -0.1) is 0 Å². The fourth-order valence-corrected chi connectivity index (χ4v) is 2.04. The fourth-order valence-electron chi connectivity index (χ4n) is 2.04. The molecule has 0 aromatic carbocycles. The first-order chi connectivity index (χ1) is 6.36. The van der Waals surface area contributed by atoms with Crippen LogP contribution in [0.2, 0.25) is 0 Å². The second-order valence-electron chi connectivity index (χ2n) is 3.75. The van der Waals surface area contributed by atoms with Crippen LogP contribution in [0, 0.1) is 0 Å². The highest BCUT2D eigenvalue weighted by Gasteiger charge is 2.22. The summed E-state index contributed by atoms with van der Waals surface area (Å²) in [5.74, 6) is 0.172. The van der Waals surface area contributed by atoms with E-state index in [1.807, 2.05) is 0 Å². The molecule has 0 saturated carbocycles. The van der Waals surface area contributed by atoms with E-state index in [2.05, 4.69) is 22.4 Å². The smallest absolute Gasteiger partial charge is 0.234 e. The second kappa shape index (κ2) is 3.92. The van der Waals surface area contributed by atoms with Crippen molar-refractivity contribution >= 4 is 5.91 Å². The molecule has 3 nitrogen and oxygen atoms in total. The van der Waals surface area contributed by atoms with Gasteiger partial charge in [-0.1, -0.05) is 12.2 Å². The summed E-state index contributed by atoms with van der Waals surface area (Å²) in [7, 11) is 0. The molecule has 1 fully saturated rings. The van der Waals surface area contributed by atoms with Crippen LogP contribution in [0.5, 0.6) is 0 Å². The third-order valence-corrected chi connectivity index (χ3v) is 2.77. The second-order valence-corrected chi connectivity index (χ2v) is 3.75. The lowest BCUT2D eigenvalue weighted by Crippen LogP contribution is -2.51. The van der Waals surface area contributed by atoms with Crippen LogP contribution in [0.1, 0.15) is 19.3 Å². The predicted molar refractivity (Wildman–Crippen MR) is 51.4 cm³/mol. The van der Waals surface area contributed by atoms with Gasteiger partial charge in [-0.2, -0.15) is 0 Å². The quantitative estimate of drug-likeness (QED) is 0.597. The van der Waals surface area contributed by atoms with Gasteiger partial charge < -0.3 is 5.32 Å². The molecule has 0 aromatic heterocycles. The van der Waals surface area contributed by atoms with Gasteiger partial charge in [0.05, 0.1) is 6.54 Å². The van der Waals surface area contributed by atoms with Crippen molar-refractivity contribution in [1.82, 2.24) is 10.2 Å². The zero-order chi connectivity index (χ0) is 9.10. The van der Waals surface area contributed by atoms with Crippen molar-refractivity contribution in [3.8, 4) is 0 Å². The van der Waals surface area contributed by atoms with Crippen LogP contribution in [0.15, 0.2) is 12.2 Å². The number of carbonyl (C=O) groups is 1. The van der Waals surface area contributed by atoms with E-state index in [-0.39, 0.29) is 5.91 Å². The van der Waals surface area contributed by atoms with Crippen molar-refractivity contribution in [3.63, 3.8) is 0 Å². The standard InChI is InChI=1S/C10H16N2O/c13-10-8-12(7-6-11-10)9-4-2-1-3-5-9/h2,4,9H,1,3,5-8H2,(H,11,13). The number of hydrogen-bond donors (Lipinski definition) is 1. The molecule has 1 heterocycles. The summed E-state index contributed by atoms with van der Waals surface area (Å²) >= 11 is 0. The molecule has 2 aliphatic rings. The molecule has 1 aliphatic heterocycles. The van der Waals surface area contributed by atoms with Crippen molar-refractivity contribution in [3.05, 3.63) is 12.2 Å². The zero-order valence-corrected chi connectivity index (χ0v) is 7.83. The Morgan fingerprint density at radius 2 is 2.46 bits per heavy atom. The van der Waals surface area contributed by atoms with E-state index in [1.165, 1.54) is 19.3 Å². The first-order valence-electron chi connectivity index (χ1n) is 5.04. The molecule has 1 N–H and O–H groups in total. The minimum Gasteiger partial charge on any atom is -0.354 e. The van der Waals surface area contributed by atoms with Crippen LogP contribution in [0.4, 0.5) is 0 Å². The van der Waals surface area contributed by atoms with E-state index in [9.17, 15) is 4.79 Å². The van der Waals surface area contributed by atoms with Crippen LogP contribution < -0.4 is 5.32 Å². The maximum absolute atomic E-state index is 11.1. The number of piperazine rings is 1. The highest BCUT2D eigenvalue weighted by molar-refractivity contribution is 5.78. The maximum Gasteiger partial charge on any atom is 0.234 e. The topological polar surface area (TPSA) is 32.3 Å². The average molecular weight is 180 g/mol. The highest BCUT2D eigenvalue weighted by atomic mass is 16.2. The van der Waals surface area contributed by atoms with E-state index in [0.717, 1.165) is 13.1 Å². The Morgan fingerprint density at radius 1 is 1.54 bits per heavy atom. The van der Waals surface area contributed by atoms with Crippen LogP contribution >= 0.6 is 0 Å². The molecule has 1 unspecified atom stereocenters.